The van der Waals surface area contributed by atoms with Crippen molar-refractivity contribution in [3.05, 3.63) is 31.7 Å². The van der Waals surface area contributed by atoms with Crippen LogP contribution >= 0.6 is 34.8 Å². The number of rotatable bonds is 2. The lowest BCUT2D eigenvalue weighted by atomic mass is 10.3. The summed E-state index contributed by atoms with van der Waals surface area (Å²) in [4.78, 5) is 14.1. The quantitative estimate of drug-likeness (QED) is 0.791. The first-order valence-corrected chi connectivity index (χ1v) is 7.18. The van der Waals surface area contributed by atoms with Gasteiger partial charge in [-0.05, 0) is 0 Å². The van der Waals surface area contributed by atoms with Crippen molar-refractivity contribution in [3.63, 3.8) is 0 Å². The molecule has 5 nitrogen and oxygen atoms in total. The van der Waals surface area contributed by atoms with Crippen LogP contribution in [-0.4, -0.2) is 35.8 Å². The average Bonchev–Trinajstić information content (AvgIpc) is 2.74. The molecule has 8 heteroatoms. The molecule has 0 bridgehead atoms. The standard InChI is InChI=1S/C12H11Cl3N2O3/c13-7-5-8-11(10(15)9(7)14)17(12(18)20-8)6-16-1-3-19-4-2-16/h5H,1-4,6H2. The van der Waals surface area contributed by atoms with Crippen LogP contribution in [0.1, 0.15) is 0 Å². The monoisotopic (exact) mass is 336 g/mol. The van der Waals surface area contributed by atoms with E-state index >= 15 is 0 Å². The van der Waals surface area contributed by atoms with Gasteiger partial charge in [0.15, 0.2) is 5.58 Å². The van der Waals surface area contributed by atoms with E-state index < -0.39 is 5.76 Å². The summed E-state index contributed by atoms with van der Waals surface area (Å²) in [5.41, 5.74) is 0.806. The second kappa shape index (κ2) is 5.58. The summed E-state index contributed by atoms with van der Waals surface area (Å²) in [5, 5.41) is 0.710. The van der Waals surface area contributed by atoms with E-state index in [9.17, 15) is 4.79 Å². The molecule has 1 fully saturated rings. The minimum absolute atomic E-state index is 0.220. The van der Waals surface area contributed by atoms with Gasteiger partial charge in [0.1, 0.15) is 5.52 Å². The predicted octanol–water partition coefficient (Wildman–Crippen LogP) is 2.84. The maximum absolute atomic E-state index is 12.0. The highest BCUT2D eigenvalue weighted by molar-refractivity contribution is 6.50. The van der Waals surface area contributed by atoms with Crippen molar-refractivity contribution in [2.75, 3.05) is 26.3 Å². The first-order chi connectivity index (χ1) is 9.58. The van der Waals surface area contributed by atoms with Crippen molar-refractivity contribution >= 4 is 45.9 Å². The van der Waals surface area contributed by atoms with Crippen molar-refractivity contribution in [3.8, 4) is 0 Å². The van der Waals surface area contributed by atoms with Crippen LogP contribution in [0.25, 0.3) is 11.1 Å². The Morgan fingerprint density at radius 3 is 2.55 bits per heavy atom. The summed E-state index contributed by atoms with van der Waals surface area (Å²) >= 11 is 18.1. The number of ether oxygens (including phenoxy) is 1. The number of halogens is 3. The number of morpholine rings is 1. The van der Waals surface area contributed by atoms with Gasteiger partial charge in [0.05, 0.1) is 35.0 Å². The minimum Gasteiger partial charge on any atom is -0.408 e. The fraction of sp³-hybridized carbons (Fsp3) is 0.417. The van der Waals surface area contributed by atoms with Gasteiger partial charge < -0.3 is 9.15 Å². The van der Waals surface area contributed by atoms with E-state index in [1.807, 2.05) is 0 Å². The Morgan fingerprint density at radius 2 is 1.85 bits per heavy atom. The second-order valence-corrected chi connectivity index (χ2v) is 5.66. The van der Waals surface area contributed by atoms with Gasteiger partial charge in [-0.25, -0.2) is 4.79 Å². The Balaban J connectivity index is 2.08. The highest BCUT2D eigenvalue weighted by atomic mass is 35.5. The number of hydrogen-bond acceptors (Lipinski definition) is 4. The molecule has 0 amide bonds. The maximum Gasteiger partial charge on any atom is 0.421 e. The van der Waals surface area contributed by atoms with Crippen molar-refractivity contribution in [1.82, 2.24) is 9.47 Å². The van der Waals surface area contributed by atoms with Crippen LogP contribution in [-0.2, 0) is 11.4 Å². The average molecular weight is 338 g/mol. The third kappa shape index (κ3) is 2.44. The summed E-state index contributed by atoms with van der Waals surface area (Å²) in [5.74, 6) is -0.480. The van der Waals surface area contributed by atoms with Gasteiger partial charge in [-0.3, -0.25) is 9.47 Å². The summed E-state index contributed by atoms with van der Waals surface area (Å²) in [6, 6.07) is 1.50. The summed E-state index contributed by atoms with van der Waals surface area (Å²) in [6.07, 6.45) is 0. The topological polar surface area (TPSA) is 47.6 Å². The molecule has 20 heavy (non-hydrogen) atoms. The lowest BCUT2D eigenvalue weighted by molar-refractivity contribution is 0.0230. The number of oxazole rings is 1. The smallest absolute Gasteiger partial charge is 0.408 e. The van der Waals surface area contributed by atoms with E-state index in [0.29, 0.717) is 31.0 Å². The van der Waals surface area contributed by atoms with Crippen LogP contribution in [0.3, 0.4) is 0 Å². The molecule has 2 aromatic rings. The van der Waals surface area contributed by atoms with Crippen LogP contribution in [0.4, 0.5) is 0 Å². The molecule has 1 saturated heterocycles. The van der Waals surface area contributed by atoms with Gasteiger partial charge in [0.25, 0.3) is 0 Å². The fourth-order valence-corrected chi connectivity index (χ4v) is 2.89. The van der Waals surface area contributed by atoms with Gasteiger partial charge in [0, 0.05) is 19.2 Å². The van der Waals surface area contributed by atoms with Gasteiger partial charge in [-0.1, -0.05) is 34.8 Å². The van der Waals surface area contributed by atoms with Crippen LogP contribution in [0.15, 0.2) is 15.3 Å². The van der Waals surface area contributed by atoms with Crippen LogP contribution < -0.4 is 5.76 Å². The Morgan fingerprint density at radius 1 is 1.15 bits per heavy atom. The molecule has 2 heterocycles. The van der Waals surface area contributed by atoms with E-state index in [0.717, 1.165) is 13.1 Å². The zero-order valence-electron chi connectivity index (χ0n) is 10.4. The molecule has 108 valence electrons. The molecule has 1 aliphatic heterocycles. The highest BCUT2D eigenvalue weighted by Gasteiger charge is 2.20. The van der Waals surface area contributed by atoms with E-state index in [-0.39, 0.29) is 15.1 Å². The van der Waals surface area contributed by atoms with Crippen molar-refractivity contribution in [2.45, 2.75) is 6.67 Å². The molecule has 0 atom stereocenters. The third-order valence-corrected chi connectivity index (χ3v) is 4.49. The summed E-state index contributed by atoms with van der Waals surface area (Å²) in [6.45, 7) is 3.17. The molecule has 3 rings (SSSR count). The predicted molar refractivity (Wildman–Crippen MR) is 77.9 cm³/mol. The Kier molecular flexibility index (Phi) is 3.97. The molecule has 0 radical (unpaired) electrons. The first kappa shape index (κ1) is 14.2. The number of nitrogens with zero attached hydrogens (tertiary/aromatic N) is 2. The molecule has 0 N–H and O–H groups in total. The Hall–Kier alpha value is -0.720. The van der Waals surface area contributed by atoms with Gasteiger partial charge in [-0.2, -0.15) is 0 Å². The van der Waals surface area contributed by atoms with Crippen molar-refractivity contribution in [2.24, 2.45) is 0 Å². The minimum atomic E-state index is -0.480. The molecule has 1 aliphatic rings. The van der Waals surface area contributed by atoms with E-state index in [2.05, 4.69) is 4.90 Å². The lowest BCUT2D eigenvalue weighted by Crippen LogP contribution is -2.39. The fourth-order valence-electron chi connectivity index (χ4n) is 2.20. The van der Waals surface area contributed by atoms with E-state index in [1.165, 1.54) is 10.6 Å². The molecule has 0 saturated carbocycles. The zero-order valence-corrected chi connectivity index (χ0v) is 12.6. The molecular formula is C12H11Cl3N2O3. The number of fused-ring (bicyclic) bond motifs is 1. The summed E-state index contributed by atoms with van der Waals surface area (Å²) < 4.78 is 11.9. The van der Waals surface area contributed by atoms with Crippen LogP contribution in [0, 0.1) is 0 Å². The molecule has 0 aliphatic carbocycles. The maximum atomic E-state index is 12.0. The normalized spacial score (nSPS) is 16.9. The lowest BCUT2D eigenvalue weighted by Gasteiger charge is -2.26. The number of benzene rings is 1. The van der Waals surface area contributed by atoms with Gasteiger partial charge >= 0.3 is 5.76 Å². The molecule has 1 aromatic heterocycles. The summed E-state index contributed by atoms with van der Waals surface area (Å²) in [7, 11) is 0. The highest BCUT2D eigenvalue weighted by Crippen LogP contribution is 2.36. The van der Waals surface area contributed by atoms with Gasteiger partial charge in [0.2, 0.25) is 0 Å². The van der Waals surface area contributed by atoms with E-state index in [1.54, 1.807) is 0 Å². The first-order valence-electron chi connectivity index (χ1n) is 6.05. The Bertz CT molecular complexity index is 704. The number of hydrogen-bond donors (Lipinski definition) is 0. The second-order valence-electron chi connectivity index (χ2n) is 4.50. The molecular weight excluding hydrogens is 327 g/mol. The SMILES string of the molecule is O=c1oc2cc(Cl)c(Cl)c(Cl)c2n1CN1CCOCC1. The van der Waals surface area contributed by atoms with E-state index in [4.69, 9.17) is 44.0 Å². The van der Waals surface area contributed by atoms with Crippen LogP contribution in [0.5, 0.6) is 0 Å². The largest absolute Gasteiger partial charge is 0.421 e. The molecule has 0 spiro atoms. The third-order valence-electron chi connectivity index (χ3n) is 3.23. The van der Waals surface area contributed by atoms with Crippen molar-refractivity contribution < 1.29 is 9.15 Å². The van der Waals surface area contributed by atoms with Gasteiger partial charge in [-0.15, -0.1) is 0 Å². The van der Waals surface area contributed by atoms with Crippen molar-refractivity contribution in [1.29, 1.82) is 0 Å². The molecule has 1 aromatic carbocycles. The zero-order chi connectivity index (χ0) is 14.3. The molecule has 0 unspecified atom stereocenters. The Labute approximate surface area is 129 Å². The number of aromatic nitrogens is 1. The van der Waals surface area contributed by atoms with Crippen LogP contribution in [0.2, 0.25) is 15.1 Å².